The van der Waals surface area contributed by atoms with E-state index in [0.29, 0.717) is 5.75 Å². The maximum Gasteiger partial charge on any atom is 0.513 e. The van der Waals surface area contributed by atoms with Gasteiger partial charge in [0.1, 0.15) is 19.0 Å². The second kappa shape index (κ2) is 16.0. The van der Waals surface area contributed by atoms with Gasteiger partial charge in [0.15, 0.2) is 0 Å². The van der Waals surface area contributed by atoms with E-state index in [9.17, 15) is 9.59 Å². The summed E-state index contributed by atoms with van der Waals surface area (Å²) in [6.45, 7) is 1.79. The highest BCUT2D eigenvalue weighted by Crippen LogP contribution is 2.38. The normalized spacial score (nSPS) is 10.5. The Kier molecular flexibility index (Phi) is 10.7. The Bertz CT molecular complexity index is 2020. The third kappa shape index (κ3) is 8.29. The van der Waals surface area contributed by atoms with Crippen LogP contribution < -0.4 is 14.5 Å². The number of para-hydroxylation sites is 2. The Morgan fingerprint density at radius 2 is 0.920 bits per heavy atom. The van der Waals surface area contributed by atoms with E-state index in [2.05, 4.69) is 119 Å². The summed E-state index contributed by atoms with van der Waals surface area (Å²) in [6.07, 6.45) is -1.77. The first-order valence-electron chi connectivity index (χ1n) is 16.1. The maximum absolute atomic E-state index is 12.3. The Labute approximate surface area is 291 Å². The van der Waals surface area contributed by atoms with Crippen LogP contribution in [0, 0.1) is 6.92 Å². The van der Waals surface area contributed by atoms with Crippen LogP contribution in [0.1, 0.15) is 5.56 Å². The van der Waals surface area contributed by atoms with Gasteiger partial charge in [0.05, 0.1) is 7.11 Å². The van der Waals surface area contributed by atoms with Crippen molar-refractivity contribution in [2.45, 2.75) is 6.92 Å². The molecule has 0 heterocycles. The predicted molar refractivity (Wildman–Crippen MR) is 196 cm³/mol. The Hall–Kier alpha value is -6.54. The second-order valence-corrected chi connectivity index (χ2v) is 11.3. The molecule has 6 aromatic carbocycles. The van der Waals surface area contributed by atoms with Gasteiger partial charge in [-0.15, -0.1) is 0 Å². The molecule has 0 spiro atoms. The topological polar surface area (TPSA) is 77.5 Å². The lowest BCUT2D eigenvalue weighted by Gasteiger charge is -2.26. The van der Waals surface area contributed by atoms with Crippen molar-refractivity contribution in [3.05, 3.63) is 163 Å². The minimum atomic E-state index is -0.914. The predicted octanol–water partition coefficient (Wildman–Crippen LogP) is 10.9. The van der Waals surface area contributed by atoms with E-state index >= 15 is 0 Å². The largest absolute Gasteiger partial charge is 0.513 e. The summed E-state index contributed by atoms with van der Waals surface area (Å²) in [5, 5.41) is 0. The van der Waals surface area contributed by atoms with Crippen LogP contribution in [0.4, 0.5) is 43.7 Å². The number of benzene rings is 6. The second-order valence-electron chi connectivity index (χ2n) is 11.3. The Morgan fingerprint density at radius 3 is 1.42 bits per heavy atom. The fraction of sp³-hybridized carbons (Fsp3) is 0.0952. The van der Waals surface area contributed by atoms with E-state index in [-0.39, 0.29) is 13.2 Å². The van der Waals surface area contributed by atoms with E-state index < -0.39 is 12.3 Å². The molecule has 0 saturated carbocycles. The molecule has 6 aromatic rings. The van der Waals surface area contributed by atoms with Crippen molar-refractivity contribution in [2.24, 2.45) is 0 Å². The summed E-state index contributed by atoms with van der Waals surface area (Å²) in [7, 11) is 1.20. The molecule has 0 radical (unpaired) electrons. The summed E-state index contributed by atoms with van der Waals surface area (Å²) >= 11 is 0. The van der Waals surface area contributed by atoms with E-state index in [1.807, 2.05) is 42.5 Å². The van der Waals surface area contributed by atoms with Gasteiger partial charge in [-0.3, -0.25) is 0 Å². The highest BCUT2D eigenvalue weighted by atomic mass is 16.7. The molecular weight excluding hydrogens is 628 g/mol. The van der Waals surface area contributed by atoms with E-state index in [4.69, 9.17) is 14.2 Å². The Morgan fingerprint density at radius 1 is 0.480 bits per heavy atom. The van der Waals surface area contributed by atoms with Crippen LogP contribution in [0.3, 0.4) is 0 Å². The smallest absolute Gasteiger partial charge is 0.438 e. The lowest BCUT2D eigenvalue weighted by molar-refractivity contribution is 0.0413. The van der Waals surface area contributed by atoms with Crippen LogP contribution in [0.15, 0.2) is 158 Å². The number of nitrogens with zero attached hydrogens (tertiary/aromatic N) is 2. The SMILES string of the molecule is COC(=O)OCCOC(=O)Oc1cccc(N(c2ccccc2)c2ccc(-c3ccc(N(c4ccccc4)c4cccc(C)c4)cc3)cc2)c1. The summed E-state index contributed by atoms with van der Waals surface area (Å²) in [6, 6.07) is 52.9. The van der Waals surface area contributed by atoms with Gasteiger partial charge in [0.2, 0.25) is 0 Å². The molecule has 0 aromatic heterocycles. The quantitative estimate of drug-likeness (QED) is 0.0769. The highest BCUT2D eigenvalue weighted by Gasteiger charge is 2.16. The number of hydrogen-bond acceptors (Lipinski definition) is 8. The molecule has 0 aliphatic carbocycles. The van der Waals surface area contributed by atoms with Crippen molar-refractivity contribution in [2.75, 3.05) is 30.1 Å². The van der Waals surface area contributed by atoms with E-state index in [0.717, 1.165) is 45.3 Å². The number of carbonyl (C=O) groups is 2. The average molecular weight is 665 g/mol. The fourth-order valence-electron chi connectivity index (χ4n) is 5.54. The van der Waals surface area contributed by atoms with Gasteiger partial charge in [-0.25, -0.2) is 9.59 Å². The molecule has 0 aliphatic rings. The highest BCUT2D eigenvalue weighted by molar-refractivity contribution is 5.81. The number of hydrogen-bond donors (Lipinski definition) is 0. The molecule has 0 amide bonds. The third-order valence-corrected chi connectivity index (χ3v) is 7.84. The molecule has 0 aliphatic heterocycles. The van der Waals surface area contributed by atoms with Gasteiger partial charge in [-0.05, 0) is 96.4 Å². The minimum Gasteiger partial charge on any atom is -0.438 e. The number of methoxy groups -OCH3 is 1. The molecule has 0 saturated heterocycles. The van der Waals surface area contributed by atoms with Crippen molar-refractivity contribution < 1.29 is 28.5 Å². The molecular formula is C42H36N2O6. The summed E-state index contributed by atoms with van der Waals surface area (Å²) < 4.78 is 19.6. The van der Waals surface area contributed by atoms with Gasteiger partial charge in [-0.1, -0.05) is 78.9 Å². The molecule has 0 bridgehead atoms. The zero-order valence-corrected chi connectivity index (χ0v) is 27.8. The first-order valence-corrected chi connectivity index (χ1v) is 16.1. The van der Waals surface area contributed by atoms with E-state index in [1.54, 1.807) is 18.2 Å². The van der Waals surface area contributed by atoms with E-state index in [1.165, 1.54) is 12.7 Å². The zero-order chi connectivity index (χ0) is 34.7. The lowest BCUT2D eigenvalue weighted by Crippen LogP contribution is -2.16. The van der Waals surface area contributed by atoms with Gasteiger partial charge >= 0.3 is 12.3 Å². The number of ether oxygens (including phenoxy) is 4. The third-order valence-electron chi connectivity index (χ3n) is 7.84. The van der Waals surface area contributed by atoms with Crippen molar-refractivity contribution in [3.63, 3.8) is 0 Å². The van der Waals surface area contributed by atoms with Crippen LogP contribution in [-0.4, -0.2) is 32.6 Å². The van der Waals surface area contributed by atoms with Gasteiger partial charge in [-0.2, -0.15) is 0 Å². The lowest BCUT2D eigenvalue weighted by atomic mass is 10.0. The van der Waals surface area contributed by atoms with Crippen LogP contribution in [-0.2, 0) is 14.2 Å². The summed E-state index contributed by atoms with van der Waals surface area (Å²) in [5.41, 5.74) is 9.26. The number of rotatable bonds is 11. The standard InChI is InChI=1S/C42H36N2O6/c1-31-11-9-16-38(29-31)43(34-12-5-3-6-13-34)36-23-19-32(20-24-36)33-21-25-37(26-22-33)44(35-14-7-4-8-15-35)39-17-10-18-40(30-39)50-42(46)49-28-27-48-41(45)47-2/h3-26,29-30H,27-28H2,1-2H3. The molecule has 250 valence electrons. The molecule has 0 atom stereocenters. The molecule has 0 unspecified atom stereocenters. The van der Waals surface area contributed by atoms with Crippen LogP contribution in [0.25, 0.3) is 11.1 Å². The van der Waals surface area contributed by atoms with Crippen LogP contribution >= 0.6 is 0 Å². The van der Waals surface area contributed by atoms with Crippen molar-refractivity contribution in [1.29, 1.82) is 0 Å². The first-order chi connectivity index (χ1) is 24.5. The van der Waals surface area contributed by atoms with Crippen molar-refractivity contribution in [3.8, 4) is 16.9 Å². The first kappa shape index (κ1) is 33.4. The average Bonchev–Trinajstić information content (AvgIpc) is 3.15. The van der Waals surface area contributed by atoms with Gasteiger partial charge in [0.25, 0.3) is 0 Å². The molecule has 50 heavy (non-hydrogen) atoms. The van der Waals surface area contributed by atoms with Gasteiger partial charge < -0.3 is 28.7 Å². The monoisotopic (exact) mass is 664 g/mol. The molecule has 8 nitrogen and oxygen atoms in total. The molecule has 0 fully saturated rings. The van der Waals surface area contributed by atoms with Crippen LogP contribution in [0.2, 0.25) is 0 Å². The molecule has 8 heteroatoms. The summed E-state index contributed by atoms with van der Waals surface area (Å²) in [5.74, 6) is 0.300. The molecule has 6 rings (SSSR count). The number of aryl methyl sites for hydroxylation is 1. The minimum absolute atomic E-state index is 0.150. The summed E-state index contributed by atoms with van der Waals surface area (Å²) in [4.78, 5) is 27.7. The maximum atomic E-state index is 12.3. The van der Waals surface area contributed by atoms with Crippen molar-refractivity contribution >= 4 is 46.4 Å². The van der Waals surface area contributed by atoms with Crippen molar-refractivity contribution in [1.82, 2.24) is 0 Å². The number of anilines is 6. The zero-order valence-electron chi connectivity index (χ0n) is 27.8. The number of carbonyl (C=O) groups excluding carboxylic acids is 2. The van der Waals surface area contributed by atoms with Gasteiger partial charge in [0, 0.05) is 40.2 Å². The van der Waals surface area contributed by atoms with Crippen LogP contribution in [0.5, 0.6) is 5.75 Å². The Balaban J connectivity index is 1.22. The fourth-order valence-corrected chi connectivity index (χ4v) is 5.54. The molecule has 0 N–H and O–H groups in total.